The third-order valence-corrected chi connectivity index (χ3v) is 2.38. The molecule has 0 saturated carbocycles. The Morgan fingerprint density at radius 3 is 2.76 bits per heavy atom. The molecule has 0 fully saturated rings. The summed E-state index contributed by atoms with van der Waals surface area (Å²) in [6.07, 6.45) is 0.992. The summed E-state index contributed by atoms with van der Waals surface area (Å²) in [7, 11) is 1.69. The normalized spacial score (nSPS) is 10.5. The van der Waals surface area contributed by atoms with Gasteiger partial charge in [-0.25, -0.2) is 4.39 Å². The summed E-state index contributed by atoms with van der Waals surface area (Å²) in [4.78, 5) is 0. The highest BCUT2D eigenvalue weighted by Gasteiger charge is 2.00. The molecule has 0 amide bonds. The molecule has 0 bridgehead atoms. The van der Waals surface area contributed by atoms with E-state index in [1.807, 2.05) is 6.92 Å². The second-order valence-corrected chi connectivity index (χ2v) is 3.85. The Labute approximate surface area is 102 Å². The van der Waals surface area contributed by atoms with Crippen molar-refractivity contribution in [3.63, 3.8) is 0 Å². The van der Waals surface area contributed by atoms with Gasteiger partial charge in [0.2, 0.25) is 0 Å². The summed E-state index contributed by atoms with van der Waals surface area (Å²) in [5.41, 5.74) is 0.824. The number of hydrogen-bond donors (Lipinski definition) is 1. The molecule has 4 heteroatoms. The third-order valence-electron chi connectivity index (χ3n) is 2.38. The second kappa shape index (κ2) is 8.03. The van der Waals surface area contributed by atoms with Gasteiger partial charge in [-0.2, -0.15) is 0 Å². The van der Waals surface area contributed by atoms with Crippen LogP contribution in [-0.4, -0.2) is 33.4 Å². The smallest absolute Gasteiger partial charge is 0.123 e. The van der Waals surface area contributed by atoms with Gasteiger partial charge < -0.3 is 14.8 Å². The first kappa shape index (κ1) is 13.9. The first-order valence-corrected chi connectivity index (χ1v) is 5.82. The van der Waals surface area contributed by atoms with E-state index in [4.69, 9.17) is 9.47 Å². The van der Waals surface area contributed by atoms with Crippen molar-refractivity contribution in [2.75, 3.05) is 33.4 Å². The molecule has 0 radical (unpaired) electrons. The number of halogens is 1. The maximum Gasteiger partial charge on any atom is 0.123 e. The lowest BCUT2D eigenvalue weighted by atomic mass is 10.2. The van der Waals surface area contributed by atoms with Crippen LogP contribution in [0.1, 0.15) is 12.0 Å². The summed E-state index contributed by atoms with van der Waals surface area (Å²) in [6, 6.07) is 4.55. The molecule has 1 N–H and O–H groups in total. The molecule has 0 unspecified atom stereocenters. The summed E-state index contributed by atoms with van der Waals surface area (Å²) in [5.74, 6) is 0.512. The lowest BCUT2D eigenvalue weighted by Crippen LogP contribution is -2.23. The van der Waals surface area contributed by atoms with Crippen LogP contribution in [0.5, 0.6) is 5.75 Å². The van der Waals surface area contributed by atoms with E-state index in [1.165, 1.54) is 12.1 Å². The van der Waals surface area contributed by atoms with E-state index in [-0.39, 0.29) is 5.82 Å². The zero-order chi connectivity index (χ0) is 12.5. The molecular weight excluding hydrogens is 221 g/mol. The average Bonchev–Trinajstić information content (AvgIpc) is 2.30. The fraction of sp³-hybridized carbons (Fsp3) is 0.538. The van der Waals surface area contributed by atoms with Crippen LogP contribution in [0.2, 0.25) is 0 Å². The van der Waals surface area contributed by atoms with Crippen molar-refractivity contribution in [1.29, 1.82) is 0 Å². The van der Waals surface area contributed by atoms with Crippen molar-refractivity contribution in [2.45, 2.75) is 13.3 Å². The summed E-state index contributed by atoms with van der Waals surface area (Å²) < 4.78 is 23.3. The molecule has 0 aliphatic heterocycles. The average molecular weight is 241 g/mol. The largest absolute Gasteiger partial charge is 0.492 e. The molecule has 0 atom stereocenters. The molecule has 0 aromatic heterocycles. The van der Waals surface area contributed by atoms with E-state index in [2.05, 4.69) is 5.32 Å². The predicted octanol–water partition coefficient (Wildman–Crippen LogP) is 2.14. The molecule has 0 aliphatic rings. The molecule has 0 heterocycles. The molecule has 0 aliphatic carbocycles. The van der Waals surface area contributed by atoms with Gasteiger partial charge in [-0.3, -0.25) is 0 Å². The van der Waals surface area contributed by atoms with E-state index in [9.17, 15) is 4.39 Å². The number of nitrogens with one attached hydrogen (secondary N) is 1. The maximum atomic E-state index is 12.8. The van der Waals surface area contributed by atoms with Gasteiger partial charge in [0.15, 0.2) is 0 Å². The van der Waals surface area contributed by atoms with Crippen LogP contribution in [0.15, 0.2) is 18.2 Å². The van der Waals surface area contributed by atoms with Crippen molar-refractivity contribution in [1.82, 2.24) is 5.32 Å². The van der Waals surface area contributed by atoms with Gasteiger partial charge >= 0.3 is 0 Å². The monoisotopic (exact) mass is 241 g/mol. The molecule has 0 spiro atoms. The van der Waals surface area contributed by atoms with Crippen LogP contribution >= 0.6 is 0 Å². The van der Waals surface area contributed by atoms with E-state index < -0.39 is 0 Å². The Balaban J connectivity index is 2.14. The summed E-state index contributed by atoms with van der Waals surface area (Å²) >= 11 is 0. The van der Waals surface area contributed by atoms with E-state index in [1.54, 1.807) is 13.2 Å². The maximum absolute atomic E-state index is 12.8. The SMILES string of the molecule is COCCCNCCOc1ccc(F)cc1C. The standard InChI is InChI=1S/C13H20FNO2/c1-11-10-12(14)4-5-13(11)17-9-7-15-6-3-8-16-2/h4-5,10,15H,3,6-9H2,1-2H3. The highest BCUT2D eigenvalue weighted by atomic mass is 19.1. The predicted molar refractivity (Wildman–Crippen MR) is 66.0 cm³/mol. The van der Waals surface area contributed by atoms with Gasteiger partial charge in [0, 0.05) is 20.3 Å². The Hall–Kier alpha value is -1.13. The minimum absolute atomic E-state index is 0.229. The van der Waals surface area contributed by atoms with E-state index >= 15 is 0 Å². The van der Waals surface area contributed by atoms with E-state index in [0.29, 0.717) is 6.61 Å². The van der Waals surface area contributed by atoms with Gasteiger partial charge in [0.05, 0.1) is 0 Å². The highest BCUT2D eigenvalue weighted by molar-refractivity contribution is 5.32. The minimum Gasteiger partial charge on any atom is -0.492 e. The number of methoxy groups -OCH3 is 1. The van der Waals surface area contributed by atoms with Crippen molar-refractivity contribution >= 4 is 0 Å². The molecule has 17 heavy (non-hydrogen) atoms. The first-order valence-electron chi connectivity index (χ1n) is 5.82. The van der Waals surface area contributed by atoms with E-state index in [0.717, 1.165) is 37.4 Å². The van der Waals surface area contributed by atoms with Gasteiger partial charge in [0.1, 0.15) is 18.2 Å². The Morgan fingerprint density at radius 1 is 1.24 bits per heavy atom. The van der Waals surface area contributed by atoms with Gasteiger partial charge in [0.25, 0.3) is 0 Å². The van der Waals surface area contributed by atoms with Crippen molar-refractivity contribution in [3.05, 3.63) is 29.6 Å². The molecule has 1 aromatic carbocycles. The van der Waals surface area contributed by atoms with Crippen LogP contribution < -0.4 is 10.1 Å². The number of ether oxygens (including phenoxy) is 2. The number of rotatable bonds is 8. The third kappa shape index (κ3) is 5.65. The molecule has 1 rings (SSSR count). The molecular formula is C13H20FNO2. The Bertz CT molecular complexity index is 331. The molecule has 1 aromatic rings. The van der Waals surface area contributed by atoms with Crippen LogP contribution in [0.3, 0.4) is 0 Å². The van der Waals surface area contributed by atoms with Gasteiger partial charge in [-0.05, 0) is 43.7 Å². The number of benzene rings is 1. The van der Waals surface area contributed by atoms with Crippen LogP contribution in [0, 0.1) is 12.7 Å². The second-order valence-electron chi connectivity index (χ2n) is 3.85. The molecule has 3 nitrogen and oxygen atoms in total. The minimum atomic E-state index is -0.229. The number of hydrogen-bond acceptors (Lipinski definition) is 3. The Kier molecular flexibility index (Phi) is 6.58. The van der Waals surface area contributed by atoms with Crippen LogP contribution in [0.25, 0.3) is 0 Å². The zero-order valence-corrected chi connectivity index (χ0v) is 10.5. The van der Waals surface area contributed by atoms with Crippen LogP contribution in [-0.2, 0) is 4.74 Å². The van der Waals surface area contributed by atoms with Crippen molar-refractivity contribution in [3.8, 4) is 5.75 Å². The lowest BCUT2D eigenvalue weighted by molar-refractivity contribution is 0.193. The molecule has 0 saturated heterocycles. The number of aryl methyl sites for hydroxylation is 1. The summed E-state index contributed by atoms with van der Waals surface area (Å²) in [6.45, 7) is 4.88. The fourth-order valence-electron chi connectivity index (χ4n) is 1.47. The fourth-order valence-corrected chi connectivity index (χ4v) is 1.47. The Morgan fingerprint density at radius 2 is 2.06 bits per heavy atom. The van der Waals surface area contributed by atoms with Gasteiger partial charge in [-0.1, -0.05) is 0 Å². The first-order chi connectivity index (χ1) is 8.24. The molecule has 96 valence electrons. The van der Waals surface area contributed by atoms with Crippen molar-refractivity contribution < 1.29 is 13.9 Å². The van der Waals surface area contributed by atoms with Crippen LogP contribution in [0.4, 0.5) is 4.39 Å². The van der Waals surface area contributed by atoms with Crippen molar-refractivity contribution in [2.24, 2.45) is 0 Å². The summed E-state index contributed by atoms with van der Waals surface area (Å²) in [5, 5.41) is 3.24. The zero-order valence-electron chi connectivity index (χ0n) is 10.5. The van der Waals surface area contributed by atoms with Gasteiger partial charge in [-0.15, -0.1) is 0 Å². The quantitative estimate of drug-likeness (QED) is 0.707. The highest BCUT2D eigenvalue weighted by Crippen LogP contribution is 2.17. The lowest BCUT2D eigenvalue weighted by Gasteiger charge is -2.09. The topological polar surface area (TPSA) is 30.5 Å².